The predicted molar refractivity (Wildman–Crippen MR) is 69.3 cm³/mol. The molecule has 108 valence electrons. The molecule has 0 spiro atoms. The number of carbonyl (C=O) groups is 2. The van der Waals surface area contributed by atoms with Crippen molar-refractivity contribution in [1.82, 2.24) is 0 Å². The first-order chi connectivity index (χ1) is 9.20. The fourth-order valence-corrected chi connectivity index (χ4v) is 3.95. The molecule has 4 unspecified atom stereocenters. The molecule has 3 rings (SSSR count). The SMILES string of the molecule is CC1=CC(=O)CC2(C)C1CC1=C(C)C(=O)OC1(O)C2O. The molecular formula is C15H18O5. The molecule has 0 bridgehead atoms. The van der Waals surface area contributed by atoms with Crippen LogP contribution in [0.15, 0.2) is 22.8 Å². The molecule has 5 nitrogen and oxygen atoms in total. The normalized spacial score (nSPS) is 44.0. The maximum atomic E-state index is 11.8. The van der Waals surface area contributed by atoms with E-state index in [1.54, 1.807) is 19.9 Å². The number of esters is 1. The predicted octanol–water partition coefficient (Wildman–Crippen LogP) is 0.854. The smallest absolute Gasteiger partial charge is 0.336 e. The molecule has 5 heteroatoms. The first kappa shape index (κ1) is 13.5. The number of rotatable bonds is 0. The Kier molecular flexibility index (Phi) is 2.57. The zero-order chi connectivity index (χ0) is 14.9. The summed E-state index contributed by atoms with van der Waals surface area (Å²) in [5.41, 5.74) is 0.862. The van der Waals surface area contributed by atoms with Crippen molar-refractivity contribution in [2.75, 3.05) is 0 Å². The van der Waals surface area contributed by atoms with Gasteiger partial charge in [0.1, 0.15) is 6.10 Å². The van der Waals surface area contributed by atoms with Crippen molar-refractivity contribution in [1.29, 1.82) is 0 Å². The van der Waals surface area contributed by atoms with Gasteiger partial charge >= 0.3 is 5.97 Å². The fourth-order valence-electron chi connectivity index (χ4n) is 3.95. The van der Waals surface area contributed by atoms with Crippen molar-refractivity contribution in [3.63, 3.8) is 0 Å². The monoisotopic (exact) mass is 278 g/mol. The van der Waals surface area contributed by atoms with Gasteiger partial charge in [-0.15, -0.1) is 0 Å². The van der Waals surface area contributed by atoms with Gasteiger partial charge < -0.3 is 14.9 Å². The molecule has 1 saturated carbocycles. The van der Waals surface area contributed by atoms with Gasteiger partial charge in [0, 0.05) is 23.0 Å². The Morgan fingerprint density at radius 1 is 1.35 bits per heavy atom. The molecule has 1 heterocycles. The molecule has 2 N–H and O–H groups in total. The van der Waals surface area contributed by atoms with E-state index in [1.165, 1.54) is 0 Å². The Balaban J connectivity index is 2.16. The molecule has 2 aliphatic carbocycles. The third-order valence-electron chi connectivity index (χ3n) is 5.13. The minimum atomic E-state index is -1.98. The van der Waals surface area contributed by atoms with E-state index in [2.05, 4.69) is 0 Å². The van der Waals surface area contributed by atoms with Gasteiger partial charge in [0.2, 0.25) is 0 Å². The highest BCUT2D eigenvalue weighted by Gasteiger charge is 2.64. The van der Waals surface area contributed by atoms with E-state index >= 15 is 0 Å². The number of ketones is 1. The van der Waals surface area contributed by atoms with Crippen molar-refractivity contribution < 1.29 is 24.5 Å². The molecule has 0 saturated heterocycles. The highest BCUT2D eigenvalue weighted by molar-refractivity contribution is 5.94. The van der Waals surface area contributed by atoms with Crippen LogP contribution in [0, 0.1) is 11.3 Å². The van der Waals surface area contributed by atoms with Gasteiger partial charge in [-0.1, -0.05) is 12.5 Å². The van der Waals surface area contributed by atoms with Gasteiger partial charge in [0.15, 0.2) is 5.78 Å². The van der Waals surface area contributed by atoms with E-state index in [0.717, 1.165) is 5.57 Å². The van der Waals surface area contributed by atoms with E-state index in [0.29, 0.717) is 17.6 Å². The summed E-state index contributed by atoms with van der Waals surface area (Å²) in [5, 5.41) is 21.2. The summed E-state index contributed by atoms with van der Waals surface area (Å²) >= 11 is 0. The molecule has 0 amide bonds. The summed E-state index contributed by atoms with van der Waals surface area (Å²) in [7, 11) is 0. The largest absolute Gasteiger partial charge is 0.423 e. The minimum absolute atomic E-state index is 0.0719. The zero-order valence-electron chi connectivity index (χ0n) is 11.8. The minimum Gasteiger partial charge on any atom is -0.423 e. The maximum absolute atomic E-state index is 11.8. The molecule has 1 fully saturated rings. The van der Waals surface area contributed by atoms with Gasteiger partial charge in [-0.05, 0) is 32.3 Å². The van der Waals surface area contributed by atoms with Gasteiger partial charge in [-0.2, -0.15) is 0 Å². The lowest BCUT2D eigenvalue weighted by Crippen LogP contribution is -2.61. The number of aliphatic hydroxyl groups is 2. The topological polar surface area (TPSA) is 83.8 Å². The van der Waals surface area contributed by atoms with Crippen molar-refractivity contribution in [2.45, 2.75) is 45.5 Å². The lowest BCUT2D eigenvalue weighted by molar-refractivity contribution is -0.255. The number of aliphatic hydroxyl groups excluding tert-OH is 1. The lowest BCUT2D eigenvalue weighted by atomic mass is 9.56. The number of allylic oxidation sites excluding steroid dienone is 2. The third kappa shape index (κ3) is 1.45. The van der Waals surface area contributed by atoms with Crippen LogP contribution in [-0.2, 0) is 14.3 Å². The summed E-state index contributed by atoms with van der Waals surface area (Å²) in [6.45, 7) is 5.22. The third-order valence-corrected chi connectivity index (χ3v) is 5.13. The first-order valence-corrected chi connectivity index (χ1v) is 6.75. The standard InChI is InChI=1S/C15H18O5/c1-7-4-9(16)6-14(3)10(7)5-11-8(2)12(17)20-15(11,19)13(14)18/h4,10,13,18-19H,5-6H2,1-3H3. The molecule has 0 radical (unpaired) electrons. The second-order valence-corrected chi connectivity index (χ2v) is 6.39. The fraction of sp³-hybridized carbons (Fsp3) is 0.600. The Morgan fingerprint density at radius 3 is 2.65 bits per heavy atom. The summed E-state index contributed by atoms with van der Waals surface area (Å²) in [4.78, 5) is 23.5. The van der Waals surface area contributed by atoms with Crippen LogP contribution in [0.3, 0.4) is 0 Å². The Morgan fingerprint density at radius 2 is 2.00 bits per heavy atom. The maximum Gasteiger partial charge on any atom is 0.336 e. The van der Waals surface area contributed by atoms with Crippen LogP contribution in [0.5, 0.6) is 0 Å². The van der Waals surface area contributed by atoms with Gasteiger partial charge in [-0.25, -0.2) is 4.79 Å². The van der Waals surface area contributed by atoms with E-state index < -0.39 is 23.3 Å². The number of fused-ring (bicyclic) bond motifs is 2. The molecule has 4 atom stereocenters. The van der Waals surface area contributed by atoms with E-state index in [4.69, 9.17) is 4.74 Å². The summed E-state index contributed by atoms with van der Waals surface area (Å²) in [6, 6.07) is 0. The Labute approximate surface area is 116 Å². The molecule has 0 aromatic heterocycles. The average Bonchev–Trinajstić information content (AvgIpc) is 2.55. The van der Waals surface area contributed by atoms with Crippen LogP contribution in [0.1, 0.15) is 33.6 Å². The number of carbonyl (C=O) groups excluding carboxylic acids is 2. The molecule has 20 heavy (non-hydrogen) atoms. The van der Waals surface area contributed by atoms with Gasteiger partial charge in [0.05, 0.1) is 0 Å². The van der Waals surface area contributed by atoms with Crippen LogP contribution in [0.2, 0.25) is 0 Å². The lowest BCUT2D eigenvalue weighted by Gasteiger charge is -2.52. The number of ether oxygens (including phenoxy) is 1. The molecule has 3 aliphatic rings. The number of hydrogen-bond acceptors (Lipinski definition) is 5. The number of hydrogen-bond donors (Lipinski definition) is 2. The highest BCUT2D eigenvalue weighted by Crippen LogP contribution is 2.57. The van der Waals surface area contributed by atoms with Gasteiger partial charge in [0.25, 0.3) is 5.79 Å². The molecule has 0 aromatic rings. The van der Waals surface area contributed by atoms with Crippen LogP contribution in [-0.4, -0.2) is 33.9 Å². The molecule has 0 aromatic carbocycles. The Hall–Kier alpha value is -1.46. The first-order valence-electron chi connectivity index (χ1n) is 6.75. The van der Waals surface area contributed by atoms with E-state index in [9.17, 15) is 19.8 Å². The van der Waals surface area contributed by atoms with Crippen LogP contribution in [0.4, 0.5) is 0 Å². The van der Waals surface area contributed by atoms with E-state index in [-0.39, 0.29) is 18.1 Å². The van der Waals surface area contributed by atoms with Gasteiger partial charge in [-0.3, -0.25) is 4.79 Å². The Bertz CT molecular complexity index is 587. The second-order valence-electron chi connectivity index (χ2n) is 6.39. The summed E-state index contributed by atoms with van der Waals surface area (Å²) in [6.07, 6.45) is 0.856. The summed E-state index contributed by atoms with van der Waals surface area (Å²) < 4.78 is 5.02. The molecular weight excluding hydrogens is 260 g/mol. The van der Waals surface area contributed by atoms with Crippen molar-refractivity contribution in [3.8, 4) is 0 Å². The highest BCUT2D eigenvalue weighted by atomic mass is 16.7. The average molecular weight is 278 g/mol. The van der Waals surface area contributed by atoms with Crippen LogP contribution < -0.4 is 0 Å². The zero-order valence-corrected chi connectivity index (χ0v) is 11.8. The van der Waals surface area contributed by atoms with Crippen molar-refractivity contribution in [2.24, 2.45) is 11.3 Å². The second kappa shape index (κ2) is 3.80. The quantitative estimate of drug-likeness (QED) is 0.642. The van der Waals surface area contributed by atoms with Crippen molar-refractivity contribution in [3.05, 3.63) is 22.8 Å². The molecule has 1 aliphatic heterocycles. The van der Waals surface area contributed by atoms with Crippen LogP contribution in [0.25, 0.3) is 0 Å². The van der Waals surface area contributed by atoms with Crippen LogP contribution >= 0.6 is 0 Å². The summed E-state index contributed by atoms with van der Waals surface area (Å²) in [5.74, 6) is -2.73. The van der Waals surface area contributed by atoms with Crippen molar-refractivity contribution >= 4 is 11.8 Å². The van der Waals surface area contributed by atoms with E-state index in [1.807, 2.05) is 6.92 Å².